The number of halogens is 1. The summed E-state index contributed by atoms with van der Waals surface area (Å²) in [4.78, 5) is 12.3. The fraction of sp³-hybridized carbons (Fsp3) is 0.500. The number of methoxy groups -OCH3 is 1. The summed E-state index contributed by atoms with van der Waals surface area (Å²) < 4.78 is 29.1. The maximum atomic E-state index is 12.3. The first-order valence-corrected chi connectivity index (χ1v) is 8.60. The molecule has 1 saturated heterocycles. The third-order valence-electron chi connectivity index (χ3n) is 3.54. The quantitative estimate of drug-likeness (QED) is 0.856. The number of sulfone groups is 1. The van der Waals surface area contributed by atoms with Crippen LogP contribution in [0.15, 0.2) is 18.2 Å². The van der Waals surface area contributed by atoms with Gasteiger partial charge in [0.25, 0.3) is 0 Å². The SMILES string of the molecule is COc1ccc(Cl)cc1CC(=O)C1CCCCS1(=O)=O. The van der Waals surface area contributed by atoms with E-state index in [2.05, 4.69) is 0 Å². The van der Waals surface area contributed by atoms with E-state index in [1.807, 2.05) is 0 Å². The zero-order chi connectivity index (χ0) is 14.8. The summed E-state index contributed by atoms with van der Waals surface area (Å²) in [5.41, 5.74) is 0.630. The van der Waals surface area contributed by atoms with Crippen molar-refractivity contribution in [2.24, 2.45) is 0 Å². The average Bonchev–Trinajstić information content (AvgIpc) is 2.38. The second kappa shape index (κ2) is 6.14. The van der Waals surface area contributed by atoms with Gasteiger partial charge in [0.05, 0.1) is 12.9 Å². The largest absolute Gasteiger partial charge is 0.496 e. The molecule has 110 valence electrons. The Kier molecular flexibility index (Phi) is 4.70. The summed E-state index contributed by atoms with van der Waals surface area (Å²) >= 11 is 5.91. The lowest BCUT2D eigenvalue weighted by atomic mass is 10.0. The Morgan fingerprint density at radius 3 is 2.80 bits per heavy atom. The zero-order valence-electron chi connectivity index (χ0n) is 11.3. The minimum Gasteiger partial charge on any atom is -0.496 e. The number of hydrogen-bond acceptors (Lipinski definition) is 4. The van der Waals surface area contributed by atoms with Gasteiger partial charge in [0.1, 0.15) is 11.0 Å². The number of ketones is 1. The van der Waals surface area contributed by atoms with Crippen LogP contribution in [0.5, 0.6) is 5.75 Å². The summed E-state index contributed by atoms with van der Waals surface area (Å²) in [6.07, 6.45) is 1.88. The second-order valence-electron chi connectivity index (χ2n) is 4.95. The highest BCUT2D eigenvalue weighted by atomic mass is 35.5. The van der Waals surface area contributed by atoms with Gasteiger partial charge in [-0.25, -0.2) is 8.42 Å². The van der Waals surface area contributed by atoms with Gasteiger partial charge in [-0.1, -0.05) is 18.0 Å². The topological polar surface area (TPSA) is 60.4 Å². The number of carbonyl (C=O) groups is 1. The molecule has 1 fully saturated rings. The summed E-state index contributed by atoms with van der Waals surface area (Å²) in [7, 11) is -1.79. The minimum absolute atomic E-state index is 0.0353. The molecule has 1 heterocycles. The molecule has 4 nitrogen and oxygen atoms in total. The van der Waals surface area contributed by atoms with E-state index in [-0.39, 0.29) is 18.0 Å². The van der Waals surface area contributed by atoms with Crippen LogP contribution < -0.4 is 4.74 Å². The van der Waals surface area contributed by atoms with E-state index in [1.165, 1.54) is 7.11 Å². The molecular formula is C14H17ClO4S. The molecule has 6 heteroatoms. The second-order valence-corrected chi connectivity index (χ2v) is 7.69. The van der Waals surface area contributed by atoms with Crippen LogP contribution in [0.4, 0.5) is 0 Å². The summed E-state index contributed by atoms with van der Waals surface area (Å²) in [6, 6.07) is 5.00. The highest BCUT2D eigenvalue weighted by Gasteiger charge is 2.34. The van der Waals surface area contributed by atoms with Gasteiger partial charge in [-0.3, -0.25) is 4.79 Å². The Hall–Kier alpha value is -1.07. The standard InChI is InChI=1S/C14H17ClO4S/c1-19-13-6-5-11(15)8-10(13)9-12(16)14-4-2-3-7-20(14,17)18/h5-6,8,14H,2-4,7,9H2,1H3. The fourth-order valence-electron chi connectivity index (χ4n) is 2.50. The highest BCUT2D eigenvalue weighted by molar-refractivity contribution is 7.92. The normalized spacial score (nSPS) is 21.4. The van der Waals surface area contributed by atoms with Crippen molar-refractivity contribution in [3.8, 4) is 5.75 Å². The number of rotatable bonds is 4. The number of ether oxygens (including phenoxy) is 1. The Labute approximate surface area is 124 Å². The summed E-state index contributed by atoms with van der Waals surface area (Å²) in [6.45, 7) is 0. The molecule has 1 aromatic carbocycles. The van der Waals surface area contributed by atoms with Crippen molar-refractivity contribution in [3.05, 3.63) is 28.8 Å². The molecule has 1 aromatic rings. The van der Waals surface area contributed by atoms with Gasteiger partial charge in [0.2, 0.25) is 0 Å². The number of carbonyl (C=O) groups excluding carboxylic acids is 1. The number of Topliss-reactive ketones (excluding diaryl/α,β-unsaturated/α-hetero) is 1. The molecule has 1 atom stereocenters. The lowest BCUT2D eigenvalue weighted by Crippen LogP contribution is -2.36. The van der Waals surface area contributed by atoms with Crippen molar-refractivity contribution in [2.45, 2.75) is 30.9 Å². The average molecular weight is 317 g/mol. The Bertz CT molecular complexity index is 610. The molecule has 0 aliphatic carbocycles. The highest BCUT2D eigenvalue weighted by Crippen LogP contribution is 2.26. The fourth-order valence-corrected chi connectivity index (χ4v) is 4.60. The Balaban J connectivity index is 2.21. The van der Waals surface area contributed by atoms with Crippen LogP contribution >= 0.6 is 11.6 Å². The van der Waals surface area contributed by atoms with E-state index in [1.54, 1.807) is 18.2 Å². The minimum atomic E-state index is -3.30. The predicted molar refractivity (Wildman–Crippen MR) is 78.1 cm³/mol. The van der Waals surface area contributed by atoms with Gasteiger partial charge < -0.3 is 4.74 Å². The summed E-state index contributed by atoms with van der Waals surface area (Å²) in [5.74, 6) is 0.386. The molecule has 1 aliphatic rings. The molecule has 0 radical (unpaired) electrons. The molecule has 20 heavy (non-hydrogen) atoms. The predicted octanol–water partition coefficient (Wildman–Crippen LogP) is 2.43. The molecular weight excluding hydrogens is 300 g/mol. The molecule has 1 unspecified atom stereocenters. The molecule has 0 N–H and O–H groups in total. The Morgan fingerprint density at radius 1 is 1.40 bits per heavy atom. The zero-order valence-corrected chi connectivity index (χ0v) is 12.8. The molecule has 2 rings (SSSR count). The van der Waals surface area contributed by atoms with Crippen LogP contribution in [0.2, 0.25) is 5.02 Å². The van der Waals surface area contributed by atoms with Gasteiger partial charge >= 0.3 is 0 Å². The maximum Gasteiger partial charge on any atom is 0.160 e. The van der Waals surface area contributed by atoms with Crippen molar-refractivity contribution in [2.75, 3.05) is 12.9 Å². The first kappa shape index (κ1) is 15.3. The van der Waals surface area contributed by atoms with Crippen LogP contribution in [-0.2, 0) is 21.1 Å². The van der Waals surface area contributed by atoms with Crippen molar-refractivity contribution < 1.29 is 17.9 Å². The lowest BCUT2D eigenvalue weighted by molar-refractivity contribution is -0.118. The Morgan fingerprint density at radius 2 is 2.15 bits per heavy atom. The van der Waals surface area contributed by atoms with E-state index in [9.17, 15) is 13.2 Å². The van der Waals surface area contributed by atoms with Crippen LogP contribution in [0.3, 0.4) is 0 Å². The van der Waals surface area contributed by atoms with E-state index < -0.39 is 15.1 Å². The van der Waals surface area contributed by atoms with Gasteiger partial charge in [-0.05, 0) is 31.0 Å². The van der Waals surface area contributed by atoms with E-state index in [4.69, 9.17) is 16.3 Å². The van der Waals surface area contributed by atoms with Crippen LogP contribution in [0.25, 0.3) is 0 Å². The number of hydrogen-bond donors (Lipinski definition) is 0. The first-order valence-electron chi connectivity index (χ1n) is 6.51. The van der Waals surface area contributed by atoms with Gasteiger partial charge in [0.15, 0.2) is 15.6 Å². The molecule has 0 spiro atoms. The van der Waals surface area contributed by atoms with Crippen molar-refractivity contribution in [1.29, 1.82) is 0 Å². The smallest absolute Gasteiger partial charge is 0.160 e. The van der Waals surface area contributed by atoms with Gasteiger partial charge in [-0.2, -0.15) is 0 Å². The lowest BCUT2D eigenvalue weighted by Gasteiger charge is -2.21. The molecule has 0 aromatic heterocycles. The third-order valence-corrected chi connectivity index (χ3v) is 6.00. The molecule has 0 amide bonds. The monoisotopic (exact) mass is 316 g/mol. The van der Waals surface area contributed by atoms with Gasteiger partial charge in [-0.15, -0.1) is 0 Å². The van der Waals surface area contributed by atoms with Crippen molar-refractivity contribution in [3.63, 3.8) is 0 Å². The van der Waals surface area contributed by atoms with Crippen LogP contribution in [0, 0.1) is 0 Å². The number of benzene rings is 1. The summed E-state index contributed by atoms with van der Waals surface area (Å²) in [5, 5.41) is -0.375. The molecule has 1 aliphatic heterocycles. The van der Waals surface area contributed by atoms with Crippen molar-refractivity contribution in [1.82, 2.24) is 0 Å². The first-order chi connectivity index (χ1) is 9.44. The van der Waals surface area contributed by atoms with E-state index in [0.29, 0.717) is 29.2 Å². The van der Waals surface area contributed by atoms with Gasteiger partial charge in [0, 0.05) is 17.0 Å². The van der Waals surface area contributed by atoms with Crippen LogP contribution in [0.1, 0.15) is 24.8 Å². The molecule has 0 saturated carbocycles. The van der Waals surface area contributed by atoms with Crippen LogP contribution in [-0.4, -0.2) is 32.3 Å². The third kappa shape index (κ3) is 3.33. The maximum absolute atomic E-state index is 12.3. The molecule has 0 bridgehead atoms. The van der Waals surface area contributed by atoms with E-state index in [0.717, 1.165) is 6.42 Å². The van der Waals surface area contributed by atoms with Crippen molar-refractivity contribution >= 4 is 27.2 Å². The van der Waals surface area contributed by atoms with E-state index >= 15 is 0 Å².